The lowest BCUT2D eigenvalue weighted by atomic mass is 9.92. The summed E-state index contributed by atoms with van der Waals surface area (Å²) in [5, 5.41) is 2.27. The van der Waals surface area contributed by atoms with Gasteiger partial charge in [-0.1, -0.05) is 200 Å². The summed E-state index contributed by atoms with van der Waals surface area (Å²) in [6.07, 6.45) is 2.31. The summed E-state index contributed by atoms with van der Waals surface area (Å²) in [6, 6.07) is 80.2. The molecular formula is C56H38O. The number of benzene rings is 9. The second-order valence-electron chi connectivity index (χ2n) is 14.5. The second-order valence-corrected chi connectivity index (χ2v) is 14.5. The molecule has 0 saturated carbocycles. The molecule has 0 aliphatic rings. The van der Waals surface area contributed by atoms with Crippen LogP contribution in [-0.4, -0.2) is 0 Å². The van der Waals surface area contributed by atoms with Crippen molar-refractivity contribution in [3.8, 4) is 55.6 Å². The Morgan fingerprint density at radius 2 is 0.579 bits per heavy atom. The number of furan rings is 1. The number of hydrogen-bond donors (Lipinski definition) is 0. The molecule has 0 fully saturated rings. The van der Waals surface area contributed by atoms with E-state index in [1.165, 1.54) is 72.3 Å². The van der Waals surface area contributed by atoms with Crippen molar-refractivity contribution < 1.29 is 4.42 Å². The van der Waals surface area contributed by atoms with Crippen LogP contribution in [-0.2, 0) is 0 Å². The van der Waals surface area contributed by atoms with Crippen LogP contribution in [0.3, 0.4) is 0 Å². The van der Waals surface area contributed by atoms with E-state index in [0.717, 1.165) is 27.5 Å². The smallest absolute Gasteiger partial charge is 0.135 e. The molecule has 0 atom stereocenters. The van der Waals surface area contributed by atoms with Crippen molar-refractivity contribution >= 4 is 33.6 Å². The maximum atomic E-state index is 6.23. The third kappa shape index (κ3) is 6.99. The van der Waals surface area contributed by atoms with E-state index in [9.17, 15) is 0 Å². The standard InChI is InChI=1S/C56H38O/c1-4-10-40(11-5-1)44-24-28-48(29-25-44)52(49-30-26-45(27-31-49)41-12-6-2-7-13-41)36-39-16-18-43(19-17-39)46-20-22-47(23-21-46)51-33-35-56-54(38-51)53-37-50(32-34-55(53)57-56)42-14-8-3-9-15-42/h1-38H. The fourth-order valence-electron chi connectivity index (χ4n) is 7.84. The van der Waals surface area contributed by atoms with Crippen LogP contribution in [0.1, 0.15) is 16.7 Å². The first kappa shape index (κ1) is 34.0. The van der Waals surface area contributed by atoms with Crippen LogP contribution in [0.5, 0.6) is 0 Å². The van der Waals surface area contributed by atoms with Crippen molar-refractivity contribution in [2.45, 2.75) is 0 Å². The van der Waals surface area contributed by atoms with Crippen LogP contribution in [0, 0.1) is 0 Å². The Kier molecular flexibility index (Phi) is 8.95. The van der Waals surface area contributed by atoms with Crippen LogP contribution in [0.2, 0.25) is 0 Å². The molecule has 10 rings (SSSR count). The lowest BCUT2D eigenvalue weighted by Crippen LogP contribution is -1.90. The van der Waals surface area contributed by atoms with Crippen LogP contribution >= 0.6 is 0 Å². The normalized spacial score (nSPS) is 11.2. The van der Waals surface area contributed by atoms with Gasteiger partial charge in [0.1, 0.15) is 11.2 Å². The molecule has 0 N–H and O–H groups in total. The Balaban J connectivity index is 0.934. The van der Waals surface area contributed by atoms with Crippen molar-refractivity contribution in [1.29, 1.82) is 0 Å². The van der Waals surface area contributed by atoms with Crippen LogP contribution < -0.4 is 0 Å². The molecule has 1 aromatic heterocycles. The van der Waals surface area contributed by atoms with Gasteiger partial charge < -0.3 is 4.42 Å². The molecule has 9 aromatic carbocycles. The highest BCUT2D eigenvalue weighted by molar-refractivity contribution is 6.07. The minimum absolute atomic E-state index is 0.904. The van der Waals surface area contributed by atoms with Crippen molar-refractivity contribution in [2.75, 3.05) is 0 Å². The highest BCUT2D eigenvalue weighted by atomic mass is 16.3. The van der Waals surface area contributed by atoms with Crippen LogP contribution in [0.25, 0.3) is 89.2 Å². The van der Waals surface area contributed by atoms with Gasteiger partial charge in [-0.05, 0) is 108 Å². The summed E-state index contributed by atoms with van der Waals surface area (Å²) in [5.41, 5.74) is 18.5. The molecule has 0 spiro atoms. The predicted molar refractivity (Wildman–Crippen MR) is 241 cm³/mol. The number of rotatable bonds is 8. The SMILES string of the molecule is C(=C(c1ccc(-c2ccccc2)cc1)c1ccc(-c2ccccc2)cc1)c1ccc(-c2ccc(-c3ccc4oc5ccc(-c6ccccc6)cc5c4c3)cc2)cc1. The first-order chi connectivity index (χ1) is 28.2. The summed E-state index contributed by atoms with van der Waals surface area (Å²) in [6.45, 7) is 0. The van der Waals surface area contributed by atoms with E-state index in [1.807, 2.05) is 0 Å². The largest absolute Gasteiger partial charge is 0.456 e. The minimum atomic E-state index is 0.904. The molecule has 1 nitrogen and oxygen atoms in total. The number of hydrogen-bond acceptors (Lipinski definition) is 1. The molecule has 1 heteroatoms. The molecule has 0 aliphatic heterocycles. The zero-order chi connectivity index (χ0) is 38.0. The minimum Gasteiger partial charge on any atom is -0.456 e. The van der Waals surface area contributed by atoms with Gasteiger partial charge in [0, 0.05) is 10.8 Å². The van der Waals surface area contributed by atoms with E-state index in [1.54, 1.807) is 0 Å². The van der Waals surface area contributed by atoms with Crippen molar-refractivity contribution in [1.82, 2.24) is 0 Å². The van der Waals surface area contributed by atoms with Crippen molar-refractivity contribution in [3.63, 3.8) is 0 Å². The van der Waals surface area contributed by atoms with Crippen molar-refractivity contribution in [3.05, 3.63) is 241 Å². The van der Waals surface area contributed by atoms with E-state index in [4.69, 9.17) is 4.42 Å². The molecule has 0 unspecified atom stereocenters. The summed E-state index contributed by atoms with van der Waals surface area (Å²) >= 11 is 0. The fourth-order valence-corrected chi connectivity index (χ4v) is 7.84. The van der Waals surface area contributed by atoms with Gasteiger partial charge in [-0.2, -0.15) is 0 Å². The Morgan fingerprint density at radius 3 is 0.982 bits per heavy atom. The lowest BCUT2D eigenvalue weighted by Gasteiger charge is -2.12. The maximum absolute atomic E-state index is 6.23. The zero-order valence-corrected chi connectivity index (χ0v) is 31.3. The van der Waals surface area contributed by atoms with Gasteiger partial charge in [-0.15, -0.1) is 0 Å². The molecule has 0 radical (unpaired) electrons. The molecule has 0 aliphatic carbocycles. The van der Waals surface area contributed by atoms with E-state index in [2.05, 4.69) is 231 Å². The topological polar surface area (TPSA) is 13.1 Å². The maximum Gasteiger partial charge on any atom is 0.135 e. The fraction of sp³-hybridized carbons (Fsp3) is 0. The van der Waals surface area contributed by atoms with Crippen molar-refractivity contribution in [2.24, 2.45) is 0 Å². The van der Waals surface area contributed by atoms with E-state index in [0.29, 0.717) is 0 Å². The molecule has 0 bridgehead atoms. The molecular weight excluding hydrogens is 689 g/mol. The van der Waals surface area contributed by atoms with E-state index < -0.39 is 0 Å². The molecule has 268 valence electrons. The van der Waals surface area contributed by atoms with Gasteiger partial charge >= 0.3 is 0 Å². The quantitative estimate of drug-likeness (QED) is 0.142. The van der Waals surface area contributed by atoms with Crippen LogP contribution in [0.15, 0.2) is 229 Å². The Hall–Kier alpha value is -7.48. The molecule has 0 amide bonds. The van der Waals surface area contributed by atoms with Gasteiger partial charge in [0.05, 0.1) is 0 Å². The van der Waals surface area contributed by atoms with E-state index >= 15 is 0 Å². The molecule has 57 heavy (non-hydrogen) atoms. The predicted octanol–water partition coefficient (Wildman–Crippen LogP) is 15.5. The zero-order valence-electron chi connectivity index (χ0n) is 31.3. The Morgan fingerprint density at radius 1 is 0.281 bits per heavy atom. The third-order valence-corrected chi connectivity index (χ3v) is 11.0. The monoisotopic (exact) mass is 726 g/mol. The van der Waals surface area contributed by atoms with Gasteiger partial charge in [-0.3, -0.25) is 0 Å². The summed E-state index contributed by atoms with van der Waals surface area (Å²) < 4.78 is 6.23. The number of fused-ring (bicyclic) bond motifs is 3. The highest BCUT2D eigenvalue weighted by Gasteiger charge is 2.12. The average molecular weight is 727 g/mol. The van der Waals surface area contributed by atoms with Gasteiger partial charge in [0.2, 0.25) is 0 Å². The highest BCUT2D eigenvalue weighted by Crippen LogP contribution is 2.36. The summed E-state index contributed by atoms with van der Waals surface area (Å²) in [7, 11) is 0. The van der Waals surface area contributed by atoms with Gasteiger partial charge in [0.25, 0.3) is 0 Å². The molecule has 0 saturated heterocycles. The van der Waals surface area contributed by atoms with Crippen LogP contribution in [0.4, 0.5) is 0 Å². The average Bonchev–Trinajstić information content (AvgIpc) is 3.67. The lowest BCUT2D eigenvalue weighted by molar-refractivity contribution is 0.669. The van der Waals surface area contributed by atoms with E-state index in [-0.39, 0.29) is 0 Å². The summed E-state index contributed by atoms with van der Waals surface area (Å²) in [5.74, 6) is 0. The first-order valence-electron chi connectivity index (χ1n) is 19.5. The Bertz CT molecular complexity index is 2890. The summed E-state index contributed by atoms with van der Waals surface area (Å²) in [4.78, 5) is 0. The van der Waals surface area contributed by atoms with Gasteiger partial charge in [0.15, 0.2) is 0 Å². The molecule has 10 aromatic rings. The second kappa shape index (κ2) is 15.0. The van der Waals surface area contributed by atoms with Gasteiger partial charge in [-0.25, -0.2) is 0 Å². The first-order valence-corrected chi connectivity index (χ1v) is 19.5. The third-order valence-electron chi connectivity index (χ3n) is 11.0. The molecule has 1 heterocycles. The Labute approximate surface area is 333 Å².